The molecule has 1 amide bonds. The Balaban J connectivity index is 1.88. The molecule has 0 fully saturated rings. The van der Waals surface area contributed by atoms with E-state index in [1.54, 1.807) is 14.2 Å². The van der Waals surface area contributed by atoms with Crippen LogP contribution in [0, 0.1) is 0 Å². The summed E-state index contributed by atoms with van der Waals surface area (Å²) < 4.78 is 16.3. The molecule has 0 aromatic heterocycles. The first-order valence-corrected chi connectivity index (χ1v) is 8.75. The normalized spacial score (nSPS) is 10.5. The molecule has 0 heterocycles. The van der Waals surface area contributed by atoms with Gasteiger partial charge in [-0.2, -0.15) is 0 Å². The molecular formula is C21H27NO4. The van der Waals surface area contributed by atoms with Crippen LogP contribution in [0.1, 0.15) is 31.4 Å². The Kier molecular flexibility index (Phi) is 7.33. The number of hydrogen-bond acceptors (Lipinski definition) is 4. The minimum absolute atomic E-state index is 0.000801. The summed E-state index contributed by atoms with van der Waals surface area (Å²) >= 11 is 0. The number of aryl methyl sites for hydroxylation is 1. The van der Waals surface area contributed by atoms with Gasteiger partial charge in [0.2, 0.25) is 5.91 Å². The van der Waals surface area contributed by atoms with Crippen molar-refractivity contribution in [1.82, 2.24) is 5.32 Å². The van der Waals surface area contributed by atoms with Gasteiger partial charge in [0.25, 0.3) is 0 Å². The summed E-state index contributed by atoms with van der Waals surface area (Å²) in [7, 11) is 3.21. The van der Waals surface area contributed by atoms with Crippen LogP contribution in [0.25, 0.3) is 0 Å². The van der Waals surface area contributed by atoms with Gasteiger partial charge in [-0.3, -0.25) is 4.79 Å². The second-order valence-electron chi connectivity index (χ2n) is 6.24. The van der Waals surface area contributed by atoms with Gasteiger partial charge >= 0.3 is 0 Å². The van der Waals surface area contributed by atoms with E-state index in [2.05, 4.69) is 5.32 Å². The second kappa shape index (κ2) is 9.70. The summed E-state index contributed by atoms with van der Waals surface area (Å²) in [4.78, 5) is 12.2. The van der Waals surface area contributed by atoms with E-state index < -0.39 is 0 Å². The fourth-order valence-electron chi connectivity index (χ4n) is 2.59. The lowest BCUT2D eigenvalue weighted by atomic mass is 10.1. The van der Waals surface area contributed by atoms with Gasteiger partial charge in [0.15, 0.2) is 11.5 Å². The average molecular weight is 357 g/mol. The number of rotatable bonds is 9. The van der Waals surface area contributed by atoms with Crippen molar-refractivity contribution in [2.75, 3.05) is 14.2 Å². The van der Waals surface area contributed by atoms with Gasteiger partial charge in [0.05, 0.1) is 20.3 Å². The highest BCUT2D eigenvalue weighted by atomic mass is 16.5. The lowest BCUT2D eigenvalue weighted by Gasteiger charge is -2.14. The maximum atomic E-state index is 12.2. The van der Waals surface area contributed by atoms with Crippen LogP contribution in [0.15, 0.2) is 42.5 Å². The maximum Gasteiger partial charge on any atom is 0.220 e. The molecule has 5 heteroatoms. The Bertz CT molecular complexity index is 728. The minimum Gasteiger partial charge on any atom is -0.493 e. The molecule has 140 valence electrons. The van der Waals surface area contributed by atoms with Gasteiger partial charge in [-0.05, 0) is 44.0 Å². The number of methoxy groups -OCH3 is 2. The van der Waals surface area contributed by atoms with Crippen LogP contribution >= 0.6 is 0 Å². The van der Waals surface area contributed by atoms with E-state index in [0.717, 1.165) is 16.9 Å². The molecule has 0 atom stereocenters. The Hall–Kier alpha value is -2.69. The second-order valence-corrected chi connectivity index (χ2v) is 6.24. The number of carbonyl (C=O) groups excluding carboxylic acids is 1. The van der Waals surface area contributed by atoms with Gasteiger partial charge in [0.1, 0.15) is 5.75 Å². The molecule has 0 aliphatic rings. The summed E-state index contributed by atoms with van der Waals surface area (Å²) in [5, 5.41) is 2.96. The van der Waals surface area contributed by atoms with Crippen LogP contribution in [-0.2, 0) is 17.8 Å². The van der Waals surface area contributed by atoms with Crippen LogP contribution in [0.5, 0.6) is 17.2 Å². The molecule has 0 saturated carbocycles. The zero-order chi connectivity index (χ0) is 18.9. The third kappa shape index (κ3) is 5.69. The van der Waals surface area contributed by atoms with Gasteiger partial charge in [-0.25, -0.2) is 0 Å². The van der Waals surface area contributed by atoms with Gasteiger partial charge in [-0.1, -0.05) is 24.3 Å². The van der Waals surface area contributed by atoms with E-state index in [9.17, 15) is 4.79 Å². The molecule has 0 aliphatic carbocycles. The first-order valence-electron chi connectivity index (χ1n) is 8.75. The molecule has 0 spiro atoms. The fraction of sp³-hybridized carbons (Fsp3) is 0.381. The summed E-state index contributed by atoms with van der Waals surface area (Å²) in [5.74, 6) is 2.16. The molecular weight excluding hydrogens is 330 g/mol. The van der Waals surface area contributed by atoms with Crippen molar-refractivity contribution in [3.05, 3.63) is 53.6 Å². The van der Waals surface area contributed by atoms with E-state index in [1.165, 1.54) is 0 Å². The molecule has 1 N–H and O–H groups in total. The first kappa shape index (κ1) is 19.6. The Morgan fingerprint density at radius 1 is 1.00 bits per heavy atom. The largest absolute Gasteiger partial charge is 0.493 e. The number of hydrogen-bond donors (Lipinski definition) is 1. The summed E-state index contributed by atoms with van der Waals surface area (Å²) in [6.45, 7) is 4.42. The number of para-hydroxylation sites is 1. The van der Waals surface area contributed by atoms with Crippen molar-refractivity contribution >= 4 is 5.91 Å². The summed E-state index contributed by atoms with van der Waals surface area (Å²) in [6.07, 6.45) is 1.14. The van der Waals surface area contributed by atoms with Crippen molar-refractivity contribution < 1.29 is 19.0 Å². The van der Waals surface area contributed by atoms with Crippen LogP contribution in [0.2, 0.25) is 0 Å². The molecule has 26 heavy (non-hydrogen) atoms. The standard InChI is InChI=1S/C21H27NO4/c1-15(2)26-18-8-6-5-7-17(18)14-22-21(23)12-10-16-9-11-19(24-3)20(13-16)25-4/h5-9,11,13,15H,10,12,14H2,1-4H3,(H,22,23). The van der Waals surface area contributed by atoms with Gasteiger partial charge < -0.3 is 19.5 Å². The van der Waals surface area contributed by atoms with Crippen LogP contribution in [0.3, 0.4) is 0 Å². The highest BCUT2D eigenvalue weighted by molar-refractivity contribution is 5.76. The number of ether oxygens (including phenoxy) is 3. The molecule has 2 aromatic rings. The molecule has 5 nitrogen and oxygen atoms in total. The average Bonchev–Trinajstić information content (AvgIpc) is 2.64. The van der Waals surface area contributed by atoms with Crippen LogP contribution < -0.4 is 19.5 Å². The minimum atomic E-state index is -0.000801. The molecule has 0 aliphatic heterocycles. The lowest BCUT2D eigenvalue weighted by molar-refractivity contribution is -0.121. The predicted molar refractivity (Wildman–Crippen MR) is 102 cm³/mol. The first-order chi connectivity index (χ1) is 12.5. The number of benzene rings is 2. The third-order valence-electron chi connectivity index (χ3n) is 3.90. The molecule has 0 bridgehead atoms. The van der Waals surface area contributed by atoms with E-state index in [-0.39, 0.29) is 12.0 Å². The van der Waals surface area contributed by atoms with E-state index in [4.69, 9.17) is 14.2 Å². The highest BCUT2D eigenvalue weighted by Crippen LogP contribution is 2.28. The fourth-order valence-corrected chi connectivity index (χ4v) is 2.59. The Morgan fingerprint density at radius 2 is 1.73 bits per heavy atom. The lowest BCUT2D eigenvalue weighted by Crippen LogP contribution is -2.23. The van der Waals surface area contributed by atoms with E-state index in [0.29, 0.717) is 30.9 Å². The quantitative estimate of drug-likeness (QED) is 0.743. The smallest absolute Gasteiger partial charge is 0.220 e. The maximum absolute atomic E-state index is 12.2. The number of amides is 1. The highest BCUT2D eigenvalue weighted by Gasteiger charge is 2.09. The van der Waals surface area contributed by atoms with Crippen molar-refractivity contribution in [2.24, 2.45) is 0 Å². The number of nitrogens with one attached hydrogen (secondary N) is 1. The molecule has 2 rings (SSSR count). The van der Waals surface area contributed by atoms with E-state index in [1.807, 2.05) is 56.3 Å². The van der Waals surface area contributed by atoms with Crippen LogP contribution in [-0.4, -0.2) is 26.2 Å². The predicted octanol–water partition coefficient (Wildman–Crippen LogP) is 3.74. The van der Waals surface area contributed by atoms with Crippen molar-refractivity contribution in [2.45, 2.75) is 39.3 Å². The SMILES string of the molecule is COc1ccc(CCC(=O)NCc2ccccc2OC(C)C)cc1OC. The van der Waals surface area contributed by atoms with Crippen LogP contribution in [0.4, 0.5) is 0 Å². The molecule has 0 saturated heterocycles. The Morgan fingerprint density at radius 3 is 2.42 bits per heavy atom. The molecule has 0 unspecified atom stereocenters. The molecule has 0 radical (unpaired) electrons. The summed E-state index contributed by atoms with van der Waals surface area (Å²) in [6, 6.07) is 13.5. The number of carbonyl (C=O) groups is 1. The zero-order valence-electron chi connectivity index (χ0n) is 15.9. The van der Waals surface area contributed by atoms with Gasteiger partial charge in [0, 0.05) is 18.5 Å². The molecule has 2 aromatic carbocycles. The topological polar surface area (TPSA) is 56.8 Å². The van der Waals surface area contributed by atoms with Crippen molar-refractivity contribution in [1.29, 1.82) is 0 Å². The van der Waals surface area contributed by atoms with E-state index >= 15 is 0 Å². The summed E-state index contributed by atoms with van der Waals surface area (Å²) in [5.41, 5.74) is 2.00. The van der Waals surface area contributed by atoms with Crippen molar-refractivity contribution in [3.63, 3.8) is 0 Å². The monoisotopic (exact) mass is 357 g/mol. The third-order valence-corrected chi connectivity index (χ3v) is 3.90. The zero-order valence-corrected chi connectivity index (χ0v) is 15.9. The van der Waals surface area contributed by atoms with Gasteiger partial charge in [-0.15, -0.1) is 0 Å². The Labute approximate surface area is 155 Å². The van der Waals surface area contributed by atoms with Crippen molar-refractivity contribution in [3.8, 4) is 17.2 Å².